The van der Waals surface area contributed by atoms with Gasteiger partial charge in [-0.2, -0.15) is 0 Å². The molecule has 1 fully saturated rings. The third kappa shape index (κ3) is 4.24. The molecule has 3 aromatic rings. The molecule has 0 saturated carbocycles. The van der Waals surface area contributed by atoms with Crippen LogP contribution in [-0.4, -0.2) is 42.6 Å². The summed E-state index contributed by atoms with van der Waals surface area (Å²) in [5.41, 5.74) is 3.89. The zero-order chi connectivity index (χ0) is 20.2. The van der Waals surface area contributed by atoms with E-state index < -0.39 is 0 Å². The van der Waals surface area contributed by atoms with Crippen molar-refractivity contribution in [1.82, 2.24) is 9.88 Å². The Kier molecular flexibility index (Phi) is 5.74. The van der Waals surface area contributed by atoms with Crippen molar-refractivity contribution in [2.75, 3.05) is 26.8 Å². The zero-order valence-electron chi connectivity index (χ0n) is 17.1. The van der Waals surface area contributed by atoms with Crippen molar-refractivity contribution < 1.29 is 14.3 Å². The summed E-state index contributed by atoms with van der Waals surface area (Å²) in [5.74, 6) is 1.89. The number of amides is 1. The first-order valence-corrected chi connectivity index (χ1v) is 10.3. The lowest BCUT2D eigenvalue weighted by atomic mass is 9.89. The minimum absolute atomic E-state index is 0.0395. The number of aryl methyl sites for hydroxylation is 1. The molecule has 0 spiro atoms. The molecule has 0 atom stereocenters. The molecule has 1 amide bonds. The number of para-hydroxylation sites is 3. The molecule has 1 aromatic heterocycles. The van der Waals surface area contributed by atoms with Crippen LogP contribution < -0.4 is 9.47 Å². The van der Waals surface area contributed by atoms with Gasteiger partial charge in [0.25, 0.3) is 5.91 Å². The standard InChI is InChI=1S/C24H28N2O3/c1-17-20(19-7-3-4-8-21(19)25-17)15-18-11-13-26(14-12-18)24(27)16-29-23-10-6-5-9-22(23)28-2/h3-10,18,25H,11-16H2,1-2H3. The molecule has 2 aromatic carbocycles. The van der Waals surface area contributed by atoms with Gasteiger partial charge in [0.05, 0.1) is 7.11 Å². The zero-order valence-corrected chi connectivity index (χ0v) is 17.1. The molecule has 4 rings (SSSR count). The summed E-state index contributed by atoms with van der Waals surface area (Å²) in [6, 6.07) is 15.9. The van der Waals surface area contributed by atoms with Crippen LogP contribution in [0.4, 0.5) is 0 Å². The number of fused-ring (bicyclic) bond motifs is 1. The highest BCUT2D eigenvalue weighted by molar-refractivity contribution is 5.84. The fourth-order valence-corrected chi connectivity index (χ4v) is 4.24. The molecule has 29 heavy (non-hydrogen) atoms. The Morgan fingerprint density at radius 3 is 2.52 bits per heavy atom. The molecule has 1 saturated heterocycles. The van der Waals surface area contributed by atoms with E-state index in [-0.39, 0.29) is 12.5 Å². The molecule has 0 bridgehead atoms. The first kappa shape index (κ1) is 19.4. The number of aromatic amines is 1. The molecule has 1 aliphatic heterocycles. The number of nitrogens with zero attached hydrogens (tertiary/aromatic N) is 1. The molecule has 5 heteroatoms. The second kappa shape index (κ2) is 8.60. The number of piperidine rings is 1. The van der Waals surface area contributed by atoms with Gasteiger partial charge in [-0.1, -0.05) is 30.3 Å². The van der Waals surface area contributed by atoms with Crippen LogP contribution in [0.3, 0.4) is 0 Å². The van der Waals surface area contributed by atoms with Gasteiger partial charge in [-0.15, -0.1) is 0 Å². The summed E-state index contributed by atoms with van der Waals surface area (Å²) in [4.78, 5) is 18.0. The van der Waals surface area contributed by atoms with Gasteiger partial charge in [0.1, 0.15) is 0 Å². The molecular formula is C24H28N2O3. The second-order valence-corrected chi connectivity index (χ2v) is 7.74. The highest BCUT2D eigenvalue weighted by atomic mass is 16.5. The summed E-state index contributed by atoms with van der Waals surface area (Å²) in [6.07, 6.45) is 3.12. The first-order chi connectivity index (χ1) is 14.2. The Morgan fingerprint density at radius 2 is 1.76 bits per heavy atom. The Morgan fingerprint density at radius 1 is 1.07 bits per heavy atom. The van der Waals surface area contributed by atoms with Crippen LogP contribution in [-0.2, 0) is 11.2 Å². The van der Waals surface area contributed by atoms with E-state index >= 15 is 0 Å². The Balaban J connectivity index is 1.31. The maximum absolute atomic E-state index is 12.6. The van der Waals surface area contributed by atoms with E-state index in [0.717, 1.165) is 32.4 Å². The number of aromatic nitrogens is 1. The Bertz CT molecular complexity index is 987. The molecule has 0 aliphatic carbocycles. The molecule has 0 unspecified atom stereocenters. The smallest absolute Gasteiger partial charge is 0.260 e. The number of methoxy groups -OCH3 is 1. The number of carbonyl (C=O) groups is 1. The number of rotatable bonds is 6. The molecule has 152 valence electrons. The van der Waals surface area contributed by atoms with Gasteiger partial charge in [0.15, 0.2) is 18.1 Å². The van der Waals surface area contributed by atoms with E-state index in [4.69, 9.17) is 9.47 Å². The lowest BCUT2D eigenvalue weighted by molar-refractivity contribution is -0.134. The lowest BCUT2D eigenvalue weighted by Gasteiger charge is -2.32. The number of H-pyrrole nitrogens is 1. The number of likely N-dealkylation sites (tertiary alicyclic amines) is 1. The van der Waals surface area contributed by atoms with Gasteiger partial charge >= 0.3 is 0 Å². The largest absolute Gasteiger partial charge is 0.493 e. The number of hydrogen-bond donors (Lipinski definition) is 1. The van der Waals surface area contributed by atoms with Gasteiger partial charge in [-0.3, -0.25) is 4.79 Å². The molecule has 1 aliphatic rings. The highest BCUT2D eigenvalue weighted by Crippen LogP contribution is 2.29. The van der Waals surface area contributed by atoms with Crippen molar-refractivity contribution in [2.45, 2.75) is 26.2 Å². The summed E-state index contributed by atoms with van der Waals surface area (Å²) in [6.45, 7) is 3.79. The number of hydrogen-bond acceptors (Lipinski definition) is 3. The van der Waals surface area contributed by atoms with Gasteiger partial charge in [-0.05, 0) is 55.9 Å². The van der Waals surface area contributed by atoms with E-state index in [1.807, 2.05) is 29.2 Å². The normalized spacial score (nSPS) is 14.9. The molecule has 2 heterocycles. The SMILES string of the molecule is COc1ccccc1OCC(=O)N1CCC(Cc2c(C)[nH]c3ccccc23)CC1. The van der Waals surface area contributed by atoms with Crippen LogP contribution >= 0.6 is 0 Å². The van der Waals surface area contributed by atoms with Crippen LogP contribution in [0.25, 0.3) is 10.9 Å². The number of ether oxygens (including phenoxy) is 2. The van der Waals surface area contributed by atoms with Gasteiger partial charge < -0.3 is 19.4 Å². The Hall–Kier alpha value is -2.95. The van der Waals surface area contributed by atoms with E-state index in [2.05, 4.69) is 36.2 Å². The van der Waals surface area contributed by atoms with Crippen LogP contribution in [0.5, 0.6) is 11.5 Å². The second-order valence-electron chi connectivity index (χ2n) is 7.74. The predicted octanol–water partition coefficient (Wildman–Crippen LogP) is 4.35. The maximum Gasteiger partial charge on any atom is 0.260 e. The maximum atomic E-state index is 12.6. The fourth-order valence-electron chi connectivity index (χ4n) is 4.24. The monoisotopic (exact) mass is 392 g/mol. The van der Waals surface area contributed by atoms with Crippen LogP contribution in [0.1, 0.15) is 24.1 Å². The van der Waals surface area contributed by atoms with Crippen molar-refractivity contribution in [3.63, 3.8) is 0 Å². The van der Waals surface area contributed by atoms with Crippen molar-refractivity contribution in [2.24, 2.45) is 5.92 Å². The third-order valence-electron chi connectivity index (χ3n) is 5.91. The average molecular weight is 392 g/mol. The first-order valence-electron chi connectivity index (χ1n) is 10.3. The summed E-state index contributed by atoms with van der Waals surface area (Å²) >= 11 is 0. The van der Waals surface area contributed by atoms with Crippen molar-refractivity contribution in [1.29, 1.82) is 0 Å². The average Bonchev–Trinajstić information content (AvgIpc) is 3.08. The molecule has 1 N–H and O–H groups in total. The topological polar surface area (TPSA) is 54.6 Å². The summed E-state index contributed by atoms with van der Waals surface area (Å²) in [7, 11) is 1.60. The van der Waals surface area contributed by atoms with E-state index in [9.17, 15) is 4.79 Å². The van der Waals surface area contributed by atoms with Gasteiger partial charge in [-0.25, -0.2) is 0 Å². The van der Waals surface area contributed by atoms with Gasteiger partial charge in [0, 0.05) is 29.7 Å². The van der Waals surface area contributed by atoms with Crippen LogP contribution in [0.2, 0.25) is 0 Å². The Labute approximate surface area is 171 Å². The van der Waals surface area contributed by atoms with E-state index in [1.165, 1.54) is 22.2 Å². The lowest BCUT2D eigenvalue weighted by Crippen LogP contribution is -2.41. The summed E-state index contributed by atoms with van der Waals surface area (Å²) < 4.78 is 11.0. The molecular weight excluding hydrogens is 364 g/mol. The van der Waals surface area contributed by atoms with Crippen LogP contribution in [0.15, 0.2) is 48.5 Å². The fraction of sp³-hybridized carbons (Fsp3) is 0.375. The molecule has 5 nitrogen and oxygen atoms in total. The van der Waals surface area contributed by atoms with E-state index in [1.54, 1.807) is 7.11 Å². The number of carbonyl (C=O) groups excluding carboxylic acids is 1. The minimum Gasteiger partial charge on any atom is -0.493 e. The van der Waals surface area contributed by atoms with Crippen LogP contribution in [0, 0.1) is 12.8 Å². The minimum atomic E-state index is 0.0395. The van der Waals surface area contributed by atoms with Gasteiger partial charge in [0.2, 0.25) is 0 Å². The number of benzene rings is 2. The van der Waals surface area contributed by atoms with E-state index in [0.29, 0.717) is 17.4 Å². The predicted molar refractivity (Wildman–Crippen MR) is 115 cm³/mol. The third-order valence-corrected chi connectivity index (χ3v) is 5.91. The van der Waals surface area contributed by atoms with Crippen molar-refractivity contribution in [3.05, 3.63) is 59.8 Å². The quantitative estimate of drug-likeness (QED) is 0.679. The highest BCUT2D eigenvalue weighted by Gasteiger charge is 2.24. The van der Waals surface area contributed by atoms with Crippen molar-refractivity contribution in [3.8, 4) is 11.5 Å². The van der Waals surface area contributed by atoms with Crippen molar-refractivity contribution >= 4 is 16.8 Å². The molecule has 0 radical (unpaired) electrons. The number of nitrogens with one attached hydrogen (secondary N) is 1. The summed E-state index contributed by atoms with van der Waals surface area (Å²) in [5, 5.41) is 1.33.